The summed E-state index contributed by atoms with van der Waals surface area (Å²) in [6, 6.07) is 13.7. The second kappa shape index (κ2) is 6.89. The molecule has 4 nitrogen and oxygen atoms in total. The summed E-state index contributed by atoms with van der Waals surface area (Å²) < 4.78 is 1.19. The predicted octanol–water partition coefficient (Wildman–Crippen LogP) is 4.93. The van der Waals surface area contributed by atoms with Crippen molar-refractivity contribution in [3.8, 4) is 0 Å². The highest BCUT2D eigenvalue weighted by molar-refractivity contribution is 14.1. The summed E-state index contributed by atoms with van der Waals surface area (Å²) in [6.45, 7) is 3.96. The van der Waals surface area contributed by atoms with E-state index < -0.39 is 0 Å². The summed E-state index contributed by atoms with van der Waals surface area (Å²) >= 11 is 2.27. The highest BCUT2D eigenvalue weighted by Gasteiger charge is 2.14. The molecule has 2 rings (SSSR count). The minimum Gasteiger partial charge on any atom is -0.378 e. The Morgan fingerprint density at radius 3 is 2.48 bits per heavy atom. The molecule has 0 aromatic heterocycles. The van der Waals surface area contributed by atoms with Gasteiger partial charge in [0.25, 0.3) is 5.69 Å². The summed E-state index contributed by atoms with van der Waals surface area (Å²) in [5, 5.41) is 14.4. The molecule has 1 unspecified atom stereocenters. The molecule has 0 bridgehead atoms. The molecule has 5 heteroatoms. The Morgan fingerprint density at radius 1 is 1.24 bits per heavy atom. The van der Waals surface area contributed by atoms with Gasteiger partial charge in [0.2, 0.25) is 0 Å². The Labute approximate surface area is 137 Å². The van der Waals surface area contributed by atoms with Crippen molar-refractivity contribution in [3.63, 3.8) is 0 Å². The van der Waals surface area contributed by atoms with Gasteiger partial charge in [-0.05, 0) is 59.7 Å². The van der Waals surface area contributed by atoms with Crippen molar-refractivity contribution in [1.82, 2.24) is 0 Å². The van der Waals surface area contributed by atoms with E-state index in [1.807, 2.05) is 26.0 Å². The van der Waals surface area contributed by atoms with Gasteiger partial charge < -0.3 is 5.32 Å². The quantitative estimate of drug-likeness (QED) is 0.443. The molecule has 0 fully saturated rings. The lowest BCUT2D eigenvalue weighted by atomic mass is 10.1. The molecule has 2 aromatic carbocycles. The lowest BCUT2D eigenvalue weighted by Gasteiger charge is -2.16. The summed E-state index contributed by atoms with van der Waals surface area (Å²) in [6.07, 6.45) is 0.656. The maximum absolute atomic E-state index is 11.1. The van der Waals surface area contributed by atoms with E-state index in [2.05, 4.69) is 52.2 Å². The number of nitro groups is 1. The Kier molecular flexibility index (Phi) is 5.17. The standard InChI is InChI=1S/C16H17IN2O2/c1-3-12-6-9-15(10-16(12)19(20)21)18-11(2)13-4-7-14(17)8-5-13/h4-11,18H,3H2,1-2H3. The number of hydrogen-bond donors (Lipinski definition) is 1. The summed E-state index contributed by atoms with van der Waals surface area (Å²) in [4.78, 5) is 10.8. The number of rotatable bonds is 5. The monoisotopic (exact) mass is 396 g/mol. The summed E-state index contributed by atoms with van der Waals surface area (Å²) in [5.74, 6) is 0. The van der Waals surface area contributed by atoms with Crippen molar-refractivity contribution in [3.05, 3.63) is 67.3 Å². The highest BCUT2D eigenvalue weighted by atomic mass is 127. The highest BCUT2D eigenvalue weighted by Crippen LogP contribution is 2.26. The molecule has 0 saturated carbocycles. The van der Waals surface area contributed by atoms with Crippen LogP contribution in [0.4, 0.5) is 11.4 Å². The van der Waals surface area contributed by atoms with Gasteiger partial charge in [0.05, 0.1) is 4.92 Å². The van der Waals surface area contributed by atoms with Crippen molar-refractivity contribution in [2.45, 2.75) is 26.3 Å². The molecule has 0 aliphatic carbocycles. The minimum absolute atomic E-state index is 0.0917. The van der Waals surface area contributed by atoms with Gasteiger partial charge in [0.15, 0.2) is 0 Å². The normalized spacial score (nSPS) is 12.0. The maximum atomic E-state index is 11.1. The molecule has 0 radical (unpaired) electrons. The Hall–Kier alpha value is -1.63. The van der Waals surface area contributed by atoms with Gasteiger partial charge in [0, 0.05) is 26.9 Å². The molecule has 0 aliphatic heterocycles. The van der Waals surface area contributed by atoms with Crippen LogP contribution in [-0.2, 0) is 6.42 Å². The fourth-order valence-corrected chi connectivity index (χ4v) is 2.57. The van der Waals surface area contributed by atoms with E-state index >= 15 is 0 Å². The van der Waals surface area contributed by atoms with Gasteiger partial charge in [-0.25, -0.2) is 0 Å². The average molecular weight is 396 g/mol. The fourth-order valence-electron chi connectivity index (χ4n) is 2.21. The zero-order valence-corrected chi connectivity index (χ0v) is 14.1. The van der Waals surface area contributed by atoms with Crippen LogP contribution in [0.5, 0.6) is 0 Å². The second-order valence-corrected chi connectivity index (χ2v) is 6.12. The number of nitro benzene ring substituents is 1. The Bertz CT molecular complexity index is 641. The van der Waals surface area contributed by atoms with E-state index in [4.69, 9.17) is 0 Å². The van der Waals surface area contributed by atoms with E-state index in [1.54, 1.807) is 6.07 Å². The van der Waals surface area contributed by atoms with Crippen LogP contribution in [0.25, 0.3) is 0 Å². The van der Waals surface area contributed by atoms with Gasteiger partial charge in [0.1, 0.15) is 0 Å². The zero-order valence-electron chi connectivity index (χ0n) is 12.0. The Morgan fingerprint density at radius 2 is 1.90 bits per heavy atom. The minimum atomic E-state index is -0.320. The van der Waals surface area contributed by atoms with Gasteiger partial charge in [-0.1, -0.05) is 25.1 Å². The van der Waals surface area contributed by atoms with Crippen LogP contribution in [0.1, 0.15) is 31.0 Å². The smallest absolute Gasteiger partial charge is 0.274 e. The van der Waals surface area contributed by atoms with E-state index in [1.165, 1.54) is 3.57 Å². The van der Waals surface area contributed by atoms with Crippen LogP contribution in [0, 0.1) is 13.7 Å². The van der Waals surface area contributed by atoms with Gasteiger partial charge in [-0.2, -0.15) is 0 Å². The van der Waals surface area contributed by atoms with Crippen LogP contribution < -0.4 is 5.32 Å². The van der Waals surface area contributed by atoms with Crippen molar-refractivity contribution in [2.24, 2.45) is 0 Å². The van der Waals surface area contributed by atoms with Crippen LogP contribution in [0.3, 0.4) is 0 Å². The molecular formula is C16H17IN2O2. The third-order valence-electron chi connectivity index (χ3n) is 3.42. The summed E-state index contributed by atoms with van der Waals surface area (Å²) in [7, 11) is 0. The van der Waals surface area contributed by atoms with Gasteiger partial charge in [-0.3, -0.25) is 10.1 Å². The van der Waals surface area contributed by atoms with E-state index in [0.717, 1.165) is 16.8 Å². The molecule has 0 heterocycles. The molecule has 1 N–H and O–H groups in total. The number of nitrogens with one attached hydrogen (secondary N) is 1. The second-order valence-electron chi connectivity index (χ2n) is 4.87. The van der Waals surface area contributed by atoms with E-state index in [0.29, 0.717) is 6.42 Å². The van der Waals surface area contributed by atoms with Gasteiger partial charge >= 0.3 is 0 Å². The van der Waals surface area contributed by atoms with Gasteiger partial charge in [-0.15, -0.1) is 0 Å². The molecule has 21 heavy (non-hydrogen) atoms. The number of hydrogen-bond acceptors (Lipinski definition) is 3. The van der Waals surface area contributed by atoms with Crippen molar-refractivity contribution in [1.29, 1.82) is 0 Å². The topological polar surface area (TPSA) is 55.2 Å². The van der Waals surface area contributed by atoms with Crippen LogP contribution in [0.15, 0.2) is 42.5 Å². The van der Waals surface area contributed by atoms with E-state index in [-0.39, 0.29) is 16.7 Å². The first-order chi connectivity index (χ1) is 10.0. The SMILES string of the molecule is CCc1ccc(NC(C)c2ccc(I)cc2)cc1[N+](=O)[O-]. The molecule has 0 spiro atoms. The molecule has 0 amide bonds. The number of benzene rings is 2. The fraction of sp³-hybridized carbons (Fsp3) is 0.250. The lowest BCUT2D eigenvalue weighted by Crippen LogP contribution is -2.07. The first-order valence-electron chi connectivity index (χ1n) is 6.80. The zero-order chi connectivity index (χ0) is 15.4. The maximum Gasteiger partial charge on any atom is 0.274 e. The first-order valence-corrected chi connectivity index (χ1v) is 7.88. The number of nitrogens with zero attached hydrogens (tertiary/aromatic N) is 1. The molecular weight excluding hydrogens is 379 g/mol. The van der Waals surface area contributed by atoms with Crippen molar-refractivity contribution >= 4 is 34.0 Å². The lowest BCUT2D eigenvalue weighted by molar-refractivity contribution is -0.385. The van der Waals surface area contributed by atoms with Crippen LogP contribution in [-0.4, -0.2) is 4.92 Å². The third-order valence-corrected chi connectivity index (χ3v) is 4.14. The molecule has 0 aliphatic rings. The molecule has 2 aromatic rings. The van der Waals surface area contributed by atoms with Crippen molar-refractivity contribution in [2.75, 3.05) is 5.32 Å². The van der Waals surface area contributed by atoms with Crippen molar-refractivity contribution < 1.29 is 4.92 Å². The number of aryl methyl sites for hydroxylation is 1. The first kappa shape index (κ1) is 15.8. The van der Waals surface area contributed by atoms with Crippen LogP contribution in [0.2, 0.25) is 0 Å². The van der Waals surface area contributed by atoms with E-state index in [9.17, 15) is 10.1 Å². The molecule has 0 saturated heterocycles. The summed E-state index contributed by atoms with van der Waals surface area (Å²) in [5.41, 5.74) is 2.85. The Balaban J connectivity index is 2.21. The number of anilines is 1. The molecule has 1 atom stereocenters. The van der Waals surface area contributed by atoms with Crippen LogP contribution >= 0.6 is 22.6 Å². The predicted molar refractivity (Wildman–Crippen MR) is 93.7 cm³/mol. The molecule has 110 valence electrons. The largest absolute Gasteiger partial charge is 0.378 e. The third kappa shape index (κ3) is 3.93. The average Bonchev–Trinajstić information content (AvgIpc) is 2.47. The number of halogens is 1.